The number of nitrogens with zero attached hydrogens (tertiary/aromatic N) is 3. The van der Waals surface area contributed by atoms with E-state index in [2.05, 4.69) is 9.88 Å². The summed E-state index contributed by atoms with van der Waals surface area (Å²) in [6.07, 6.45) is 3.90. The molecular formula is C24H26FN3O2. The highest BCUT2D eigenvalue weighted by Gasteiger charge is 2.26. The van der Waals surface area contributed by atoms with Gasteiger partial charge >= 0.3 is 0 Å². The number of hydrogen-bond acceptors (Lipinski definition) is 5. The van der Waals surface area contributed by atoms with Gasteiger partial charge in [0, 0.05) is 36.3 Å². The van der Waals surface area contributed by atoms with Gasteiger partial charge in [0.05, 0.1) is 12.8 Å². The van der Waals surface area contributed by atoms with E-state index in [-0.39, 0.29) is 17.5 Å². The molecule has 6 heteroatoms. The Bertz CT molecular complexity index is 1020. The molecule has 2 heterocycles. The Kier molecular flexibility index (Phi) is 5.95. The highest BCUT2D eigenvalue weighted by molar-refractivity contribution is 5.65. The van der Waals surface area contributed by atoms with Crippen molar-refractivity contribution in [2.45, 2.75) is 32.2 Å². The molecule has 1 unspecified atom stereocenters. The molecule has 0 aliphatic carbocycles. The van der Waals surface area contributed by atoms with E-state index < -0.39 is 0 Å². The van der Waals surface area contributed by atoms with Crippen molar-refractivity contribution in [2.75, 3.05) is 20.2 Å². The van der Waals surface area contributed by atoms with Crippen LogP contribution in [0.25, 0.3) is 11.1 Å². The highest BCUT2D eigenvalue weighted by Crippen LogP contribution is 2.35. The summed E-state index contributed by atoms with van der Waals surface area (Å²) in [5, 5.41) is 10.3. The monoisotopic (exact) mass is 407 g/mol. The minimum Gasteiger partial charge on any atom is -0.507 e. The predicted octanol–water partition coefficient (Wildman–Crippen LogP) is 4.68. The molecular weight excluding hydrogens is 381 g/mol. The van der Waals surface area contributed by atoms with Crippen molar-refractivity contribution in [1.29, 1.82) is 0 Å². The van der Waals surface area contributed by atoms with Gasteiger partial charge in [-0.05, 0) is 56.1 Å². The molecule has 1 atom stereocenters. The van der Waals surface area contributed by atoms with E-state index in [1.165, 1.54) is 12.1 Å². The Morgan fingerprint density at radius 3 is 2.77 bits per heavy atom. The summed E-state index contributed by atoms with van der Waals surface area (Å²) in [4.78, 5) is 11.5. The molecule has 1 aliphatic heterocycles. The Morgan fingerprint density at radius 2 is 2.00 bits per heavy atom. The Morgan fingerprint density at radius 1 is 1.20 bits per heavy atom. The zero-order valence-corrected chi connectivity index (χ0v) is 17.3. The van der Waals surface area contributed by atoms with Crippen molar-refractivity contribution < 1.29 is 14.2 Å². The molecule has 5 nitrogen and oxygen atoms in total. The number of halogens is 1. The van der Waals surface area contributed by atoms with Gasteiger partial charge in [-0.3, -0.25) is 4.90 Å². The van der Waals surface area contributed by atoms with Gasteiger partial charge in [-0.2, -0.15) is 0 Å². The van der Waals surface area contributed by atoms with Crippen LogP contribution >= 0.6 is 0 Å². The van der Waals surface area contributed by atoms with E-state index >= 15 is 0 Å². The number of methoxy groups -OCH3 is 1. The van der Waals surface area contributed by atoms with Gasteiger partial charge in [0.1, 0.15) is 23.1 Å². The summed E-state index contributed by atoms with van der Waals surface area (Å²) in [5.74, 6) is 1.66. The lowest BCUT2D eigenvalue weighted by Gasteiger charge is -2.33. The molecule has 2 aromatic carbocycles. The molecule has 156 valence electrons. The van der Waals surface area contributed by atoms with Crippen molar-refractivity contribution in [3.63, 3.8) is 0 Å². The van der Waals surface area contributed by atoms with Crippen molar-refractivity contribution in [1.82, 2.24) is 14.9 Å². The van der Waals surface area contributed by atoms with Crippen molar-refractivity contribution in [3.05, 3.63) is 71.6 Å². The van der Waals surface area contributed by atoms with Crippen LogP contribution in [0.2, 0.25) is 0 Å². The fraction of sp³-hybridized carbons (Fsp3) is 0.333. The van der Waals surface area contributed by atoms with E-state index in [9.17, 15) is 9.50 Å². The van der Waals surface area contributed by atoms with Gasteiger partial charge in [-0.25, -0.2) is 14.4 Å². The molecule has 3 aromatic rings. The minimum absolute atomic E-state index is 0.234. The van der Waals surface area contributed by atoms with E-state index in [0.29, 0.717) is 12.3 Å². The summed E-state index contributed by atoms with van der Waals surface area (Å²) in [6.45, 7) is 4.28. The Labute approximate surface area is 176 Å². The second-order valence-electron chi connectivity index (χ2n) is 7.76. The number of aromatic nitrogens is 2. The van der Waals surface area contributed by atoms with Gasteiger partial charge in [-0.15, -0.1) is 0 Å². The van der Waals surface area contributed by atoms with Crippen LogP contribution in [-0.4, -0.2) is 40.2 Å². The molecule has 30 heavy (non-hydrogen) atoms. The van der Waals surface area contributed by atoms with E-state index in [1.807, 2.05) is 19.2 Å². The zero-order chi connectivity index (χ0) is 21.1. The maximum absolute atomic E-state index is 13.4. The van der Waals surface area contributed by atoms with E-state index in [4.69, 9.17) is 9.72 Å². The molecule has 0 amide bonds. The molecule has 1 fully saturated rings. The average Bonchev–Trinajstić information content (AvgIpc) is 2.76. The van der Waals surface area contributed by atoms with Crippen LogP contribution in [-0.2, 0) is 6.54 Å². The number of benzene rings is 2. The summed E-state index contributed by atoms with van der Waals surface area (Å²) in [6, 6.07) is 11.8. The van der Waals surface area contributed by atoms with Crippen molar-refractivity contribution in [3.8, 4) is 22.6 Å². The second-order valence-corrected chi connectivity index (χ2v) is 7.76. The minimum atomic E-state index is -0.256. The van der Waals surface area contributed by atoms with Crippen LogP contribution in [0.5, 0.6) is 11.5 Å². The lowest BCUT2D eigenvalue weighted by atomic mass is 9.89. The van der Waals surface area contributed by atoms with Gasteiger partial charge in [0.15, 0.2) is 0 Å². The van der Waals surface area contributed by atoms with Crippen LogP contribution in [0, 0.1) is 12.7 Å². The predicted molar refractivity (Wildman–Crippen MR) is 114 cm³/mol. The Hall–Kier alpha value is -2.99. The topological polar surface area (TPSA) is 58.5 Å². The quantitative estimate of drug-likeness (QED) is 0.665. The zero-order valence-electron chi connectivity index (χ0n) is 17.3. The number of likely N-dealkylation sites (tertiary alicyclic amines) is 1. The third-order valence-corrected chi connectivity index (χ3v) is 5.70. The fourth-order valence-corrected chi connectivity index (χ4v) is 4.20. The van der Waals surface area contributed by atoms with Gasteiger partial charge in [0.25, 0.3) is 0 Å². The van der Waals surface area contributed by atoms with Crippen molar-refractivity contribution >= 4 is 0 Å². The standard InChI is InChI=1S/C24H26FN3O2/c1-16-26-13-20(17-8-10-19(25)11-9-17)24(27-16)18-5-4-12-28(14-18)15-21-22(29)6-3-7-23(21)30-2/h3,6-11,13,18,29H,4-5,12,14-15H2,1-2H3. The Balaban J connectivity index is 1.61. The van der Waals surface area contributed by atoms with Crippen LogP contribution in [0.1, 0.15) is 35.8 Å². The maximum Gasteiger partial charge on any atom is 0.127 e. The van der Waals surface area contributed by atoms with Crippen LogP contribution in [0.3, 0.4) is 0 Å². The number of rotatable bonds is 5. The maximum atomic E-state index is 13.4. The molecule has 0 saturated carbocycles. The number of piperidine rings is 1. The first-order chi connectivity index (χ1) is 14.5. The molecule has 1 saturated heterocycles. The molecule has 4 rings (SSSR count). The van der Waals surface area contributed by atoms with Crippen LogP contribution in [0.4, 0.5) is 4.39 Å². The third-order valence-electron chi connectivity index (χ3n) is 5.70. The molecule has 1 aromatic heterocycles. The first-order valence-electron chi connectivity index (χ1n) is 10.2. The number of phenolic OH excluding ortho intramolecular Hbond substituents is 1. The second kappa shape index (κ2) is 8.79. The molecule has 1 N–H and O–H groups in total. The number of hydrogen-bond donors (Lipinski definition) is 1. The lowest BCUT2D eigenvalue weighted by Crippen LogP contribution is -2.34. The molecule has 0 bridgehead atoms. The van der Waals surface area contributed by atoms with E-state index in [0.717, 1.165) is 54.1 Å². The summed E-state index contributed by atoms with van der Waals surface area (Å²) < 4.78 is 18.8. The lowest BCUT2D eigenvalue weighted by molar-refractivity contribution is 0.194. The largest absolute Gasteiger partial charge is 0.507 e. The molecule has 1 aliphatic rings. The summed E-state index contributed by atoms with van der Waals surface area (Å²) in [7, 11) is 1.62. The summed E-state index contributed by atoms with van der Waals surface area (Å²) >= 11 is 0. The van der Waals surface area contributed by atoms with Crippen LogP contribution < -0.4 is 4.74 Å². The van der Waals surface area contributed by atoms with Gasteiger partial charge in [0.2, 0.25) is 0 Å². The number of aryl methyl sites for hydroxylation is 1. The van der Waals surface area contributed by atoms with Crippen LogP contribution in [0.15, 0.2) is 48.7 Å². The third kappa shape index (κ3) is 4.28. The van der Waals surface area contributed by atoms with E-state index in [1.54, 1.807) is 31.4 Å². The normalized spacial score (nSPS) is 17.1. The average molecular weight is 407 g/mol. The molecule has 0 spiro atoms. The first-order valence-corrected chi connectivity index (χ1v) is 10.2. The smallest absolute Gasteiger partial charge is 0.127 e. The number of ether oxygens (including phenoxy) is 1. The number of phenols is 1. The SMILES string of the molecule is COc1cccc(O)c1CN1CCCC(c2nc(C)ncc2-c2ccc(F)cc2)C1. The fourth-order valence-electron chi connectivity index (χ4n) is 4.20. The molecule has 0 radical (unpaired) electrons. The van der Waals surface area contributed by atoms with Gasteiger partial charge in [-0.1, -0.05) is 18.2 Å². The highest BCUT2D eigenvalue weighted by atomic mass is 19.1. The van der Waals surface area contributed by atoms with Crippen molar-refractivity contribution in [2.24, 2.45) is 0 Å². The number of aromatic hydroxyl groups is 1. The summed E-state index contributed by atoms with van der Waals surface area (Å²) in [5.41, 5.74) is 3.68. The first kappa shape index (κ1) is 20.3. The van der Waals surface area contributed by atoms with Gasteiger partial charge < -0.3 is 9.84 Å².